The highest BCUT2D eigenvalue weighted by Crippen LogP contribution is 2.20. The predicted molar refractivity (Wildman–Crippen MR) is 75.2 cm³/mol. The molecule has 2 rings (SSSR count). The van der Waals surface area contributed by atoms with E-state index >= 15 is 0 Å². The van der Waals surface area contributed by atoms with Crippen molar-refractivity contribution in [3.05, 3.63) is 47.4 Å². The van der Waals surface area contributed by atoms with Crippen molar-refractivity contribution in [3.63, 3.8) is 0 Å². The molecule has 1 heterocycles. The molecule has 106 valence electrons. The molecule has 0 radical (unpaired) electrons. The summed E-state index contributed by atoms with van der Waals surface area (Å²) in [5.41, 5.74) is 6.96. The lowest BCUT2D eigenvalue weighted by Gasteiger charge is -2.07. The Labute approximate surface area is 118 Å². The Morgan fingerprint density at radius 2 is 1.90 bits per heavy atom. The molecule has 1 aromatic heterocycles. The molecule has 0 fully saturated rings. The van der Waals surface area contributed by atoms with Gasteiger partial charge in [0.1, 0.15) is 22.3 Å². The lowest BCUT2D eigenvalue weighted by molar-refractivity contribution is 0.458. The lowest BCUT2D eigenvalue weighted by Crippen LogP contribution is -2.03. The third-order valence-electron chi connectivity index (χ3n) is 2.53. The molecule has 0 saturated carbocycles. The molecular formula is C13H15N3O3S. The quantitative estimate of drug-likeness (QED) is 0.803. The average Bonchev–Trinajstić information content (AvgIpc) is 2.39. The molecule has 1 aromatic carbocycles. The minimum Gasteiger partial charge on any atom is -0.439 e. The third kappa shape index (κ3) is 4.01. The Balaban J connectivity index is 2.15. The summed E-state index contributed by atoms with van der Waals surface area (Å²) in [6, 6.07) is 8.49. The topological polar surface area (TPSA) is 95.2 Å². The third-order valence-corrected chi connectivity index (χ3v) is 3.16. The molecule has 0 saturated heterocycles. The van der Waals surface area contributed by atoms with Crippen LogP contribution in [0, 0.1) is 6.92 Å². The average molecular weight is 293 g/mol. The highest BCUT2D eigenvalue weighted by atomic mass is 32.2. The molecular weight excluding hydrogens is 278 g/mol. The zero-order valence-electron chi connectivity index (χ0n) is 10.9. The molecule has 0 aliphatic heterocycles. The molecule has 0 atom stereocenters. The second-order valence-corrected chi connectivity index (χ2v) is 5.17. The molecule has 7 heteroatoms. The summed E-state index contributed by atoms with van der Waals surface area (Å²) < 4.78 is 26.9. The van der Waals surface area contributed by atoms with Crippen LogP contribution in [0.3, 0.4) is 0 Å². The highest BCUT2D eigenvalue weighted by Gasteiger charge is 2.04. The highest BCUT2D eigenvalue weighted by molar-refractivity contribution is 7.71. The zero-order valence-corrected chi connectivity index (χ0v) is 11.8. The zero-order chi connectivity index (χ0) is 14.5. The Kier molecular flexibility index (Phi) is 4.65. The molecule has 2 aromatic rings. The van der Waals surface area contributed by atoms with E-state index < -0.39 is 10.7 Å². The first-order valence-corrected chi connectivity index (χ1v) is 7.36. The van der Waals surface area contributed by atoms with E-state index in [2.05, 4.69) is 9.97 Å². The maximum Gasteiger partial charge on any atom is 0.222 e. The minimum atomic E-state index is -2.42. The van der Waals surface area contributed by atoms with Gasteiger partial charge in [-0.15, -0.1) is 0 Å². The predicted octanol–water partition coefficient (Wildman–Crippen LogP) is 1.15. The van der Waals surface area contributed by atoms with Crippen LogP contribution >= 0.6 is 0 Å². The van der Waals surface area contributed by atoms with Crippen LogP contribution in [-0.2, 0) is 23.0 Å². The van der Waals surface area contributed by atoms with Crippen LogP contribution in [0.1, 0.15) is 17.1 Å². The molecule has 6 nitrogen and oxygen atoms in total. The number of ether oxygens (including phenoxy) is 1. The van der Waals surface area contributed by atoms with Crippen LogP contribution in [0.25, 0.3) is 0 Å². The summed E-state index contributed by atoms with van der Waals surface area (Å²) in [7, 11) is -2.42. The van der Waals surface area contributed by atoms with Gasteiger partial charge in [-0.1, -0.05) is 12.1 Å². The van der Waals surface area contributed by atoms with Crippen molar-refractivity contribution in [1.82, 2.24) is 9.97 Å². The normalized spacial score (nSPS) is 10.8. The van der Waals surface area contributed by atoms with Crippen LogP contribution in [0.2, 0.25) is 0 Å². The SMILES string of the molecule is Cc1nc(CN)cc(Oc2ccc(C[SH](=O)=O)cc2)n1. The number of nitrogens with zero attached hydrogens (tertiary/aromatic N) is 2. The Morgan fingerprint density at radius 1 is 1.20 bits per heavy atom. The van der Waals surface area contributed by atoms with Crippen molar-refractivity contribution in [2.24, 2.45) is 5.73 Å². The van der Waals surface area contributed by atoms with E-state index in [-0.39, 0.29) is 5.75 Å². The standard InChI is InChI=1S/C13H15N3O3S/c1-9-15-11(7-14)6-13(16-9)19-12-4-2-10(3-5-12)8-20(17)18/h2-6,20H,7-8,14H2,1H3. The number of rotatable bonds is 5. The number of thiol groups is 1. The van der Waals surface area contributed by atoms with Gasteiger partial charge in [0.05, 0.1) is 11.4 Å². The van der Waals surface area contributed by atoms with Gasteiger partial charge in [0, 0.05) is 12.6 Å². The Hall–Kier alpha value is -1.99. The maximum atomic E-state index is 10.6. The van der Waals surface area contributed by atoms with Gasteiger partial charge < -0.3 is 10.5 Å². The first-order valence-electron chi connectivity index (χ1n) is 6.00. The van der Waals surface area contributed by atoms with Gasteiger partial charge in [-0.25, -0.2) is 13.4 Å². The fourth-order valence-corrected chi connectivity index (χ4v) is 2.20. The summed E-state index contributed by atoms with van der Waals surface area (Å²) in [5.74, 6) is 1.61. The van der Waals surface area contributed by atoms with E-state index in [9.17, 15) is 8.42 Å². The van der Waals surface area contributed by atoms with Crippen LogP contribution in [0.15, 0.2) is 30.3 Å². The molecule has 0 unspecified atom stereocenters. The molecule has 0 aliphatic carbocycles. The van der Waals surface area contributed by atoms with E-state index in [1.807, 2.05) is 0 Å². The molecule has 0 spiro atoms. The number of hydrogen-bond donors (Lipinski definition) is 2. The van der Waals surface area contributed by atoms with E-state index in [1.54, 1.807) is 37.3 Å². The first-order chi connectivity index (χ1) is 9.56. The van der Waals surface area contributed by atoms with Crippen LogP contribution in [-0.4, -0.2) is 18.4 Å². The summed E-state index contributed by atoms with van der Waals surface area (Å²) in [4.78, 5) is 8.32. The second-order valence-electron chi connectivity index (χ2n) is 4.19. The second kappa shape index (κ2) is 6.44. The van der Waals surface area contributed by atoms with Gasteiger partial charge in [-0.3, -0.25) is 0 Å². The van der Waals surface area contributed by atoms with E-state index in [0.717, 1.165) is 5.56 Å². The van der Waals surface area contributed by atoms with Crippen molar-refractivity contribution in [2.75, 3.05) is 0 Å². The van der Waals surface area contributed by atoms with Crippen molar-refractivity contribution in [3.8, 4) is 11.6 Å². The van der Waals surface area contributed by atoms with E-state index in [1.165, 1.54) is 0 Å². The number of nitrogens with two attached hydrogens (primary N) is 1. The summed E-state index contributed by atoms with van der Waals surface area (Å²) >= 11 is 0. The van der Waals surface area contributed by atoms with E-state index in [0.29, 0.717) is 29.7 Å². The monoisotopic (exact) mass is 293 g/mol. The van der Waals surface area contributed by atoms with E-state index in [4.69, 9.17) is 10.5 Å². The fraction of sp³-hybridized carbons (Fsp3) is 0.231. The van der Waals surface area contributed by atoms with Crippen molar-refractivity contribution in [1.29, 1.82) is 0 Å². The van der Waals surface area contributed by atoms with Gasteiger partial charge >= 0.3 is 0 Å². The van der Waals surface area contributed by atoms with Gasteiger partial charge in [-0.05, 0) is 24.6 Å². The summed E-state index contributed by atoms with van der Waals surface area (Å²) in [6.45, 7) is 2.08. The lowest BCUT2D eigenvalue weighted by atomic mass is 10.2. The number of aromatic nitrogens is 2. The van der Waals surface area contributed by atoms with Crippen LogP contribution < -0.4 is 10.5 Å². The number of hydrogen-bond acceptors (Lipinski definition) is 6. The summed E-state index contributed by atoms with van der Waals surface area (Å²) in [5, 5.41) is 0. The van der Waals surface area contributed by atoms with Crippen molar-refractivity contribution >= 4 is 10.7 Å². The Morgan fingerprint density at radius 3 is 2.50 bits per heavy atom. The fourth-order valence-electron chi connectivity index (χ4n) is 1.69. The number of benzene rings is 1. The Bertz CT molecular complexity index is 661. The van der Waals surface area contributed by atoms with Crippen LogP contribution in [0.5, 0.6) is 11.6 Å². The minimum absolute atomic E-state index is 0.0273. The largest absolute Gasteiger partial charge is 0.439 e. The molecule has 2 N–H and O–H groups in total. The smallest absolute Gasteiger partial charge is 0.222 e. The van der Waals surface area contributed by atoms with Crippen LogP contribution in [0.4, 0.5) is 0 Å². The molecule has 0 bridgehead atoms. The van der Waals surface area contributed by atoms with Crippen molar-refractivity contribution in [2.45, 2.75) is 19.2 Å². The van der Waals surface area contributed by atoms with Gasteiger partial charge in [0.25, 0.3) is 0 Å². The summed E-state index contributed by atoms with van der Waals surface area (Å²) in [6.07, 6.45) is 0. The van der Waals surface area contributed by atoms with Crippen molar-refractivity contribution < 1.29 is 13.2 Å². The molecule has 0 amide bonds. The van der Waals surface area contributed by atoms with Gasteiger partial charge in [0.15, 0.2) is 0 Å². The maximum absolute atomic E-state index is 10.6. The van der Waals surface area contributed by atoms with Gasteiger partial charge in [0.2, 0.25) is 5.88 Å². The molecule has 0 aliphatic rings. The van der Waals surface area contributed by atoms with Gasteiger partial charge in [-0.2, -0.15) is 4.98 Å². The number of aryl methyl sites for hydroxylation is 1. The molecule has 20 heavy (non-hydrogen) atoms. The first kappa shape index (κ1) is 14.4.